The molecule has 0 amide bonds. The monoisotopic (exact) mass is 378 g/mol. The molecule has 1 N–H and O–H groups in total. The van der Waals surface area contributed by atoms with E-state index in [0.717, 1.165) is 11.1 Å². The molecule has 0 radical (unpaired) electrons. The Kier molecular flexibility index (Phi) is 4.99. The molecule has 0 atom stereocenters. The third-order valence-corrected chi connectivity index (χ3v) is 4.27. The van der Waals surface area contributed by atoms with Crippen molar-refractivity contribution in [3.8, 4) is 17.1 Å². The second-order valence-electron chi connectivity index (χ2n) is 4.78. The van der Waals surface area contributed by atoms with Gasteiger partial charge in [-0.05, 0) is 42.0 Å². The summed E-state index contributed by atoms with van der Waals surface area (Å²) >= 11 is 17.2. The van der Waals surface area contributed by atoms with E-state index in [-0.39, 0.29) is 0 Å². The Hall–Kier alpha value is -2.15. The van der Waals surface area contributed by atoms with Gasteiger partial charge >= 0.3 is 0 Å². The van der Waals surface area contributed by atoms with Gasteiger partial charge in [-0.3, -0.25) is 0 Å². The third kappa shape index (κ3) is 3.36. The van der Waals surface area contributed by atoms with Gasteiger partial charge in [0, 0.05) is 0 Å². The maximum absolute atomic E-state index is 6.02. The van der Waals surface area contributed by atoms with E-state index in [1.165, 1.54) is 4.68 Å². The predicted octanol–water partition coefficient (Wildman–Crippen LogP) is 4.81. The van der Waals surface area contributed by atoms with Gasteiger partial charge < -0.3 is 4.74 Å². The lowest BCUT2D eigenvalue weighted by Gasteiger charge is -2.06. The summed E-state index contributed by atoms with van der Waals surface area (Å²) in [6.07, 6.45) is 1.63. The van der Waals surface area contributed by atoms with Gasteiger partial charge in [0.15, 0.2) is 5.82 Å². The van der Waals surface area contributed by atoms with Crippen molar-refractivity contribution < 1.29 is 4.74 Å². The van der Waals surface area contributed by atoms with Crippen LogP contribution in [0.5, 0.6) is 5.75 Å². The van der Waals surface area contributed by atoms with Crippen LogP contribution in [0.25, 0.3) is 11.4 Å². The number of nitrogens with one attached hydrogen (secondary N) is 1. The number of H-pyrrole nitrogens is 1. The number of hydrogen-bond acceptors (Lipinski definition) is 4. The molecular formula is C16H12Cl2N4OS. The molecule has 5 nitrogen and oxygen atoms in total. The van der Waals surface area contributed by atoms with Crippen LogP contribution in [0.2, 0.25) is 10.0 Å². The number of aromatic nitrogens is 3. The van der Waals surface area contributed by atoms with Crippen molar-refractivity contribution in [1.82, 2.24) is 14.9 Å². The Balaban J connectivity index is 2.03. The minimum absolute atomic E-state index is 0.368. The normalized spacial score (nSPS) is 11.1. The number of nitrogens with zero attached hydrogens (tertiary/aromatic N) is 3. The molecule has 0 saturated heterocycles. The van der Waals surface area contributed by atoms with Gasteiger partial charge in [0.05, 0.1) is 28.9 Å². The molecule has 3 aromatic rings. The summed E-state index contributed by atoms with van der Waals surface area (Å²) in [4.78, 5) is 0. The van der Waals surface area contributed by atoms with Crippen molar-refractivity contribution in [3.05, 3.63) is 62.8 Å². The van der Waals surface area contributed by atoms with E-state index in [4.69, 9.17) is 40.2 Å². The zero-order valence-corrected chi connectivity index (χ0v) is 14.9. The number of methoxy groups -OCH3 is 1. The fraction of sp³-hybridized carbons (Fsp3) is 0.0625. The molecule has 0 aliphatic carbocycles. The zero-order chi connectivity index (χ0) is 17.1. The fourth-order valence-corrected chi connectivity index (χ4v) is 2.61. The Labute approximate surface area is 153 Å². The lowest BCUT2D eigenvalue weighted by atomic mass is 10.2. The van der Waals surface area contributed by atoms with Crippen LogP contribution < -0.4 is 4.74 Å². The topological polar surface area (TPSA) is 55.2 Å². The summed E-state index contributed by atoms with van der Waals surface area (Å²) in [6, 6.07) is 12.7. The van der Waals surface area contributed by atoms with Crippen LogP contribution >= 0.6 is 35.4 Å². The number of aromatic amines is 1. The van der Waals surface area contributed by atoms with E-state index in [2.05, 4.69) is 15.3 Å². The van der Waals surface area contributed by atoms with Gasteiger partial charge in [-0.1, -0.05) is 41.4 Å². The summed E-state index contributed by atoms with van der Waals surface area (Å²) in [6.45, 7) is 0. The molecule has 0 spiro atoms. The molecule has 0 fully saturated rings. The van der Waals surface area contributed by atoms with Crippen LogP contribution in [0.1, 0.15) is 5.56 Å². The van der Waals surface area contributed by atoms with E-state index in [1.807, 2.05) is 30.3 Å². The molecule has 0 unspecified atom stereocenters. The summed E-state index contributed by atoms with van der Waals surface area (Å²) < 4.78 is 7.26. The minimum Gasteiger partial charge on any atom is -0.496 e. The van der Waals surface area contributed by atoms with E-state index in [1.54, 1.807) is 25.5 Å². The van der Waals surface area contributed by atoms with Crippen molar-refractivity contribution in [3.63, 3.8) is 0 Å². The Morgan fingerprint density at radius 1 is 1.21 bits per heavy atom. The molecular weight excluding hydrogens is 367 g/mol. The molecule has 1 aromatic heterocycles. The van der Waals surface area contributed by atoms with Gasteiger partial charge in [-0.15, -0.1) is 0 Å². The quantitative estimate of drug-likeness (QED) is 0.523. The van der Waals surface area contributed by atoms with E-state index in [9.17, 15) is 0 Å². The molecule has 0 bridgehead atoms. The highest BCUT2D eigenvalue weighted by atomic mass is 35.5. The van der Waals surface area contributed by atoms with Gasteiger partial charge in [0.2, 0.25) is 4.77 Å². The van der Waals surface area contributed by atoms with Crippen LogP contribution in [0.3, 0.4) is 0 Å². The van der Waals surface area contributed by atoms with Gasteiger partial charge in [-0.25, -0.2) is 5.10 Å². The standard InChI is InChI=1S/C16H12Cl2N4OS/c1-23-14-5-3-2-4-11(14)15-20-21-16(24)22(15)19-9-10-6-7-12(17)13(18)8-10/h2-9H,1H3,(H,21,24)/b19-9+. The number of rotatable bonds is 4. The second-order valence-corrected chi connectivity index (χ2v) is 5.98. The van der Waals surface area contributed by atoms with E-state index in [0.29, 0.717) is 26.4 Å². The Morgan fingerprint density at radius 3 is 2.75 bits per heavy atom. The molecule has 0 aliphatic rings. The first-order valence-corrected chi connectivity index (χ1v) is 8.07. The largest absolute Gasteiger partial charge is 0.496 e. The van der Waals surface area contributed by atoms with Gasteiger partial charge in [-0.2, -0.15) is 14.9 Å². The lowest BCUT2D eigenvalue weighted by molar-refractivity contribution is 0.416. The summed E-state index contributed by atoms with van der Waals surface area (Å²) in [5.41, 5.74) is 1.57. The molecule has 2 aromatic carbocycles. The van der Waals surface area contributed by atoms with Gasteiger partial charge in [0.25, 0.3) is 0 Å². The molecule has 3 rings (SSSR count). The Morgan fingerprint density at radius 2 is 2.00 bits per heavy atom. The van der Waals surface area contributed by atoms with Gasteiger partial charge in [0.1, 0.15) is 5.75 Å². The maximum atomic E-state index is 6.02. The SMILES string of the molecule is COc1ccccc1-c1n[nH]c(=S)n1/N=C/c1ccc(Cl)c(Cl)c1. The highest BCUT2D eigenvalue weighted by molar-refractivity contribution is 7.71. The summed E-state index contributed by atoms with van der Waals surface area (Å²) in [5.74, 6) is 1.23. The fourth-order valence-electron chi connectivity index (χ4n) is 2.12. The molecule has 24 heavy (non-hydrogen) atoms. The van der Waals surface area contributed by atoms with Crippen molar-refractivity contribution in [2.75, 3.05) is 7.11 Å². The first-order valence-electron chi connectivity index (χ1n) is 6.90. The molecule has 1 heterocycles. The van der Waals surface area contributed by atoms with Crippen LogP contribution in [-0.4, -0.2) is 28.2 Å². The first kappa shape index (κ1) is 16.7. The van der Waals surface area contributed by atoms with E-state index < -0.39 is 0 Å². The van der Waals surface area contributed by atoms with Crippen molar-refractivity contribution in [1.29, 1.82) is 0 Å². The van der Waals surface area contributed by atoms with E-state index >= 15 is 0 Å². The highest BCUT2D eigenvalue weighted by Crippen LogP contribution is 2.28. The molecule has 122 valence electrons. The zero-order valence-electron chi connectivity index (χ0n) is 12.5. The van der Waals surface area contributed by atoms with Crippen molar-refractivity contribution in [2.24, 2.45) is 5.10 Å². The predicted molar refractivity (Wildman–Crippen MR) is 98.9 cm³/mol. The van der Waals surface area contributed by atoms with Crippen LogP contribution in [-0.2, 0) is 0 Å². The molecule has 8 heteroatoms. The lowest BCUT2D eigenvalue weighted by Crippen LogP contribution is -1.97. The maximum Gasteiger partial charge on any atom is 0.216 e. The number of hydrogen-bond donors (Lipinski definition) is 1. The van der Waals surface area contributed by atoms with Crippen LogP contribution in [0.4, 0.5) is 0 Å². The average Bonchev–Trinajstić information content (AvgIpc) is 2.96. The second kappa shape index (κ2) is 7.17. The summed E-state index contributed by atoms with van der Waals surface area (Å²) in [5, 5.41) is 12.3. The van der Waals surface area contributed by atoms with Crippen LogP contribution in [0, 0.1) is 4.77 Å². The Bertz CT molecular complexity index is 965. The summed E-state index contributed by atoms with van der Waals surface area (Å²) in [7, 11) is 1.60. The number of halogens is 2. The van der Waals surface area contributed by atoms with Crippen LogP contribution in [0.15, 0.2) is 47.6 Å². The van der Waals surface area contributed by atoms with Crippen molar-refractivity contribution in [2.45, 2.75) is 0 Å². The average molecular weight is 379 g/mol. The minimum atomic E-state index is 0.368. The number of benzene rings is 2. The number of para-hydroxylation sites is 1. The molecule has 0 saturated carbocycles. The van der Waals surface area contributed by atoms with Crippen molar-refractivity contribution >= 4 is 41.6 Å². The molecule has 0 aliphatic heterocycles. The first-order chi connectivity index (χ1) is 11.6. The highest BCUT2D eigenvalue weighted by Gasteiger charge is 2.12. The smallest absolute Gasteiger partial charge is 0.216 e. The third-order valence-electron chi connectivity index (χ3n) is 3.26. The number of ether oxygens (including phenoxy) is 1.